The molecule has 0 unspecified atom stereocenters. The zero-order valence-electron chi connectivity index (χ0n) is 24.3. The summed E-state index contributed by atoms with van der Waals surface area (Å²) in [5.74, 6) is -7.74. The van der Waals surface area contributed by atoms with Crippen molar-refractivity contribution in [3.8, 4) is 5.75 Å². The van der Waals surface area contributed by atoms with Gasteiger partial charge in [0.1, 0.15) is 5.75 Å². The third kappa shape index (κ3) is 4.07. The Kier molecular flexibility index (Phi) is 7.26. The average Bonchev–Trinajstić information content (AvgIpc) is 3.32. The van der Waals surface area contributed by atoms with E-state index in [0.717, 1.165) is 17.0 Å². The molecular weight excluding hydrogens is 713 g/mol. The van der Waals surface area contributed by atoms with E-state index in [0.29, 0.717) is 14.9 Å². The van der Waals surface area contributed by atoms with Gasteiger partial charge in [-0.05, 0) is 37.0 Å². The van der Waals surface area contributed by atoms with E-state index in [4.69, 9.17) is 23.2 Å². The van der Waals surface area contributed by atoms with Gasteiger partial charge in [0.05, 0.1) is 27.4 Å². The van der Waals surface area contributed by atoms with E-state index in [1.165, 1.54) is 38.2 Å². The lowest BCUT2D eigenvalue weighted by atomic mass is 9.56. The fourth-order valence-electron chi connectivity index (χ4n) is 7.56. The van der Waals surface area contributed by atoms with E-state index in [-0.39, 0.29) is 35.5 Å². The summed E-state index contributed by atoms with van der Waals surface area (Å²) >= 11 is 17.6. The number of phenols is 1. The number of phenolic OH excluding ortho intramolecular Hbond substituents is 1. The van der Waals surface area contributed by atoms with Crippen molar-refractivity contribution in [3.63, 3.8) is 0 Å². The Morgan fingerprint density at radius 2 is 1.59 bits per heavy atom. The maximum absolute atomic E-state index is 14.3. The Morgan fingerprint density at radius 1 is 0.978 bits per heavy atom. The minimum absolute atomic E-state index is 0.0248. The summed E-state index contributed by atoms with van der Waals surface area (Å²) in [7, 11) is 4.01. The Morgan fingerprint density at radius 3 is 2.15 bits per heavy atom. The number of rotatable bonds is 5. The van der Waals surface area contributed by atoms with Gasteiger partial charge >= 0.3 is 11.4 Å². The first-order chi connectivity index (χ1) is 21.5. The molecule has 4 aliphatic rings. The normalized spacial score (nSPS) is 30.2. The van der Waals surface area contributed by atoms with Gasteiger partial charge in [-0.3, -0.25) is 44.3 Å². The molecule has 2 heterocycles. The number of aromatic hydroxyl groups is 1. The molecule has 3 fully saturated rings. The van der Waals surface area contributed by atoms with Crippen molar-refractivity contribution in [3.05, 3.63) is 72.2 Å². The Labute approximate surface area is 278 Å². The molecule has 0 radical (unpaired) electrons. The second kappa shape index (κ2) is 10.5. The topological polar surface area (TPSA) is 185 Å². The van der Waals surface area contributed by atoms with Crippen molar-refractivity contribution in [1.82, 2.24) is 4.90 Å². The summed E-state index contributed by atoms with van der Waals surface area (Å²) in [5.41, 5.74) is -1.46. The van der Waals surface area contributed by atoms with Crippen LogP contribution in [-0.2, 0) is 19.2 Å². The third-order valence-corrected chi connectivity index (χ3v) is 11.4. The summed E-state index contributed by atoms with van der Waals surface area (Å²) in [6.07, 6.45) is 1.31. The molecule has 2 aromatic carbocycles. The molecule has 1 N–H and O–H groups in total. The molecule has 2 saturated heterocycles. The molecule has 0 aromatic heterocycles. The Balaban J connectivity index is 1.52. The number of hydrogen-bond donors (Lipinski definition) is 1. The van der Waals surface area contributed by atoms with E-state index in [1.54, 1.807) is 12.1 Å². The number of hydrogen-bond acceptors (Lipinski definition) is 10. The van der Waals surface area contributed by atoms with Crippen LogP contribution in [0.4, 0.5) is 22.7 Å². The molecule has 17 heteroatoms. The van der Waals surface area contributed by atoms with E-state index < -0.39 is 78.3 Å². The Hall–Kier alpha value is -4.08. The second-order valence-corrected chi connectivity index (χ2v) is 14.1. The van der Waals surface area contributed by atoms with E-state index in [9.17, 15) is 44.5 Å². The molecule has 4 amide bonds. The molecule has 6 rings (SSSR count). The molecule has 46 heavy (non-hydrogen) atoms. The van der Waals surface area contributed by atoms with E-state index in [1.807, 2.05) is 0 Å². The van der Waals surface area contributed by atoms with Gasteiger partial charge in [0.25, 0.3) is 11.8 Å². The fraction of sp³-hybridized carbons (Fsp3) is 0.379. The monoisotopic (exact) mass is 735 g/mol. The summed E-state index contributed by atoms with van der Waals surface area (Å²) < 4.78 is 0.518. The number of likely N-dealkylation sites (tertiary alicyclic amines) is 1. The summed E-state index contributed by atoms with van der Waals surface area (Å²) in [5, 5.41) is 35.0. The quantitative estimate of drug-likeness (QED) is 0.153. The van der Waals surface area contributed by atoms with Crippen LogP contribution in [0.5, 0.6) is 5.75 Å². The Bertz CT molecular complexity index is 1820. The third-order valence-electron chi connectivity index (χ3n) is 9.47. The van der Waals surface area contributed by atoms with Crippen molar-refractivity contribution < 1.29 is 34.1 Å². The van der Waals surface area contributed by atoms with Crippen LogP contribution >= 0.6 is 39.1 Å². The zero-order chi connectivity index (χ0) is 33.8. The van der Waals surface area contributed by atoms with E-state index >= 15 is 0 Å². The van der Waals surface area contributed by atoms with Crippen LogP contribution in [0.25, 0.3) is 0 Å². The van der Waals surface area contributed by atoms with Crippen LogP contribution < -0.4 is 9.80 Å². The number of alkyl halides is 2. The lowest BCUT2D eigenvalue weighted by molar-refractivity contribution is -0.392. The van der Waals surface area contributed by atoms with Crippen molar-refractivity contribution in [1.29, 1.82) is 0 Å². The van der Waals surface area contributed by atoms with Crippen LogP contribution in [0.2, 0.25) is 0 Å². The van der Waals surface area contributed by atoms with Gasteiger partial charge in [0.2, 0.25) is 11.8 Å². The molecule has 6 atom stereocenters. The van der Waals surface area contributed by atoms with Crippen LogP contribution in [0.15, 0.2) is 46.5 Å². The number of fused-ring (bicyclic) bond motifs is 4. The minimum Gasteiger partial charge on any atom is -0.508 e. The first-order valence-corrected chi connectivity index (χ1v) is 15.4. The SMILES string of the molecule is CN1C(=O)[C@]2(Cl)C[C@@H]3C(=CC[C@@H]4C(=O)N(c5cc([N+](=O)[O-])c(N(C)C)c([N+](=O)[O-])c5)C(=O)[C@@H]43)[C@H](c3cc(Br)ccc3O)[C@]2(Cl)C1=O. The number of anilines is 2. The van der Waals surface area contributed by atoms with Crippen molar-refractivity contribution >= 4 is 85.5 Å². The van der Waals surface area contributed by atoms with Crippen LogP contribution in [0.1, 0.15) is 24.3 Å². The highest BCUT2D eigenvalue weighted by Crippen LogP contribution is 2.66. The molecular formula is C29H24BrCl2N5O9. The number of benzene rings is 2. The predicted molar refractivity (Wildman–Crippen MR) is 168 cm³/mol. The first-order valence-electron chi connectivity index (χ1n) is 13.9. The number of carbonyl (C=O) groups excluding carboxylic acids is 4. The van der Waals surface area contributed by atoms with Crippen molar-refractivity contribution in [2.45, 2.75) is 28.5 Å². The highest BCUT2D eigenvalue weighted by molar-refractivity contribution is 9.10. The molecule has 240 valence electrons. The summed E-state index contributed by atoms with van der Waals surface area (Å²) in [4.78, 5) is 76.3. The number of imide groups is 2. The fourth-order valence-corrected chi connectivity index (χ4v) is 8.95. The molecule has 0 spiro atoms. The van der Waals surface area contributed by atoms with Gasteiger partial charge in [-0.2, -0.15) is 0 Å². The minimum atomic E-state index is -2.11. The molecule has 2 aliphatic carbocycles. The number of nitro groups is 2. The number of amides is 4. The second-order valence-electron chi connectivity index (χ2n) is 12.0. The van der Waals surface area contributed by atoms with Gasteiger partial charge in [0.15, 0.2) is 15.4 Å². The molecule has 1 saturated carbocycles. The highest BCUT2D eigenvalue weighted by atomic mass is 79.9. The standard InChI is InChI=1S/C29H24BrCl2N5O9/c1-33(2)23-18(36(43)44)9-13(10-19(23)37(45)46)35-24(39)15-6-5-14-17(21(15)25(35)40)11-28(31)26(41)34(3)27(42)29(28,32)22(14)16-8-12(30)4-7-20(16)38/h4-5,7-10,15,17,21-22,38H,6,11H2,1-3H3/t15-,17+,21-,22+,28+,29-/m0/s1. The van der Waals surface area contributed by atoms with E-state index in [2.05, 4.69) is 15.9 Å². The van der Waals surface area contributed by atoms with Gasteiger partial charge in [-0.15, -0.1) is 23.2 Å². The lowest BCUT2D eigenvalue weighted by Gasteiger charge is -2.50. The summed E-state index contributed by atoms with van der Waals surface area (Å²) in [6.45, 7) is 0. The maximum atomic E-state index is 14.3. The van der Waals surface area contributed by atoms with Crippen LogP contribution in [-0.4, -0.2) is 74.4 Å². The number of nitrogens with zero attached hydrogens (tertiary/aromatic N) is 5. The first kappa shape index (κ1) is 31.9. The number of carbonyl (C=O) groups is 4. The molecule has 2 aromatic rings. The van der Waals surface area contributed by atoms with Gasteiger partial charge in [0, 0.05) is 49.2 Å². The lowest BCUT2D eigenvalue weighted by Crippen LogP contribution is -2.60. The highest BCUT2D eigenvalue weighted by Gasteiger charge is 2.76. The molecule has 14 nitrogen and oxygen atoms in total. The van der Waals surface area contributed by atoms with Crippen molar-refractivity contribution in [2.24, 2.45) is 17.8 Å². The van der Waals surface area contributed by atoms with Gasteiger partial charge in [-0.25, -0.2) is 4.90 Å². The maximum Gasteiger partial charge on any atom is 0.301 e. The number of nitro benzene ring substituents is 2. The number of halogens is 3. The average molecular weight is 737 g/mol. The smallest absolute Gasteiger partial charge is 0.301 e. The zero-order valence-corrected chi connectivity index (χ0v) is 27.4. The molecule has 2 aliphatic heterocycles. The van der Waals surface area contributed by atoms with Gasteiger partial charge < -0.3 is 10.0 Å². The number of allylic oxidation sites excluding steroid dienone is 2. The van der Waals surface area contributed by atoms with Gasteiger partial charge in [-0.1, -0.05) is 27.6 Å². The van der Waals surface area contributed by atoms with Crippen LogP contribution in [0, 0.1) is 38.0 Å². The summed E-state index contributed by atoms with van der Waals surface area (Å²) in [6, 6.07) is 6.34. The van der Waals surface area contributed by atoms with Crippen molar-refractivity contribution in [2.75, 3.05) is 30.9 Å². The molecule has 0 bridgehead atoms. The largest absolute Gasteiger partial charge is 0.508 e. The van der Waals surface area contributed by atoms with Crippen LogP contribution in [0.3, 0.4) is 0 Å². The predicted octanol–water partition coefficient (Wildman–Crippen LogP) is 4.23.